The van der Waals surface area contributed by atoms with Gasteiger partial charge in [0, 0.05) is 26.3 Å². The van der Waals surface area contributed by atoms with Crippen LogP contribution >= 0.6 is 0 Å². The summed E-state index contributed by atoms with van der Waals surface area (Å²) in [5.74, 6) is 0.741. The fourth-order valence-electron chi connectivity index (χ4n) is 5.47. The Labute approximate surface area is 221 Å². The van der Waals surface area contributed by atoms with Crippen molar-refractivity contribution >= 4 is 29.0 Å². The van der Waals surface area contributed by atoms with Gasteiger partial charge in [0.15, 0.2) is 5.82 Å². The molecule has 3 aromatic rings. The second kappa shape index (κ2) is 10.1. The van der Waals surface area contributed by atoms with Crippen molar-refractivity contribution in [2.24, 2.45) is 12.5 Å². The van der Waals surface area contributed by atoms with Crippen LogP contribution in [0, 0.1) is 5.41 Å². The van der Waals surface area contributed by atoms with Crippen molar-refractivity contribution in [3.05, 3.63) is 71.2 Å². The number of aliphatic hydroxyl groups is 1. The van der Waals surface area contributed by atoms with Gasteiger partial charge in [-0.25, -0.2) is 23.9 Å². The summed E-state index contributed by atoms with van der Waals surface area (Å²) >= 11 is 0. The molecule has 2 aliphatic rings. The van der Waals surface area contributed by atoms with Crippen molar-refractivity contribution in [1.82, 2.24) is 24.2 Å². The highest BCUT2D eigenvalue weighted by Crippen LogP contribution is 2.52. The lowest BCUT2D eigenvalue weighted by Gasteiger charge is -2.44. The summed E-state index contributed by atoms with van der Waals surface area (Å²) in [7, 11) is 0.768. The molecule has 1 spiro atoms. The Morgan fingerprint density at radius 3 is 2.57 bits per heavy atom. The highest BCUT2D eigenvalue weighted by Gasteiger charge is 2.49. The summed E-state index contributed by atoms with van der Waals surface area (Å²) in [6.45, 7) is 7.47. The van der Waals surface area contributed by atoms with E-state index in [1.807, 2.05) is 50.7 Å². The molecule has 5 rings (SSSR count). The summed E-state index contributed by atoms with van der Waals surface area (Å²) < 4.78 is 18.2. The second-order valence-electron chi connectivity index (χ2n) is 11.2. The number of nitrogens with zero attached hydrogens (tertiary/aromatic N) is 5. The van der Waals surface area contributed by atoms with Crippen LogP contribution in [0.15, 0.2) is 43.0 Å². The minimum atomic E-state index is -1.16. The Morgan fingerprint density at radius 2 is 1.89 bits per heavy atom. The number of benzene rings is 1. The van der Waals surface area contributed by atoms with Gasteiger partial charge in [-0.1, -0.05) is 24.3 Å². The standard InChI is InChI=1S/C28H36N6O2S/c1-27(2,3)37(36)32-25-23-8-6-5-7-20(23)15-28(25)11-13-34(14-12-28)26-24(18-35)31-21(16-29-26)9-10-22-17-33(4)19-30-22/h5-10,16-17,19,25,32,35H,11-15,18H2,1-4H3/b10-9-/t25-,37?/m1/s1. The molecule has 1 fully saturated rings. The van der Waals surface area contributed by atoms with Gasteiger partial charge >= 0.3 is 0 Å². The van der Waals surface area contributed by atoms with Gasteiger partial charge < -0.3 is 14.6 Å². The van der Waals surface area contributed by atoms with Crippen molar-refractivity contribution < 1.29 is 9.32 Å². The summed E-state index contributed by atoms with van der Waals surface area (Å²) in [5.41, 5.74) is 4.73. The van der Waals surface area contributed by atoms with E-state index in [2.05, 4.69) is 43.9 Å². The van der Waals surface area contributed by atoms with E-state index in [0.717, 1.165) is 43.9 Å². The Kier molecular flexibility index (Phi) is 7.04. The second-order valence-corrected chi connectivity index (χ2v) is 13.2. The Balaban J connectivity index is 1.34. The summed E-state index contributed by atoms with van der Waals surface area (Å²) in [5, 5.41) is 10.1. The van der Waals surface area contributed by atoms with E-state index in [4.69, 9.17) is 4.98 Å². The summed E-state index contributed by atoms with van der Waals surface area (Å²) in [6.07, 6.45) is 12.0. The summed E-state index contributed by atoms with van der Waals surface area (Å²) in [4.78, 5) is 15.9. The fourth-order valence-corrected chi connectivity index (χ4v) is 6.41. The van der Waals surface area contributed by atoms with E-state index in [-0.39, 0.29) is 22.8 Å². The van der Waals surface area contributed by atoms with E-state index in [1.165, 1.54) is 11.1 Å². The first-order valence-corrected chi connectivity index (χ1v) is 14.0. The lowest BCUT2D eigenvalue weighted by molar-refractivity contribution is 0.177. The molecule has 1 unspecified atom stereocenters. The number of hydrogen-bond acceptors (Lipinski definition) is 6. The molecule has 2 aromatic heterocycles. The first kappa shape index (κ1) is 25.8. The highest BCUT2D eigenvalue weighted by atomic mass is 32.2. The highest BCUT2D eigenvalue weighted by molar-refractivity contribution is 7.84. The van der Waals surface area contributed by atoms with Crippen molar-refractivity contribution in [2.45, 2.75) is 57.4 Å². The summed E-state index contributed by atoms with van der Waals surface area (Å²) in [6, 6.07) is 8.61. The number of aryl methyl sites for hydroxylation is 1. The SMILES string of the molecule is Cn1cnc(/C=C\c2cnc(N3CCC4(CC3)Cc3ccccc3[C@H]4NS(=O)C(C)(C)C)c(CO)n2)c1. The number of piperidine rings is 1. The average Bonchev–Trinajstić information content (AvgIpc) is 3.43. The maximum Gasteiger partial charge on any atom is 0.152 e. The van der Waals surface area contributed by atoms with Crippen LogP contribution in [0.1, 0.15) is 67.9 Å². The van der Waals surface area contributed by atoms with Crippen molar-refractivity contribution in [2.75, 3.05) is 18.0 Å². The number of hydrogen-bond donors (Lipinski definition) is 2. The zero-order chi connectivity index (χ0) is 26.2. The number of anilines is 1. The van der Waals surface area contributed by atoms with Crippen LogP contribution in [0.3, 0.4) is 0 Å². The third-order valence-corrected chi connectivity index (χ3v) is 9.06. The minimum Gasteiger partial charge on any atom is -0.390 e. The monoisotopic (exact) mass is 520 g/mol. The lowest BCUT2D eigenvalue weighted by atomic mass is 9.73. The molecule has 1 aromatic carbocycles. The van der Waals surface area contributed by atoms with Crippen molar-refractivity contribution in [1.29, 1.82) is 0 Å². The van der Waals surface area contributed by atoms with E-state index in [9.17, 15) is 9.32 Å². The molecular formula is C28H36N6O2S. The molecular weight excluding hydrogens is 484 g/mol. The zero-order valence-electron chi connectivity index (χ0n) is 22.0. The van der Waals surface area contributed by atoms with Gasteiger partial charge in [0.2, 0.25) is 0 Å². The van der Waals surface area contributed by atoms with Gasteiger partial charge in [0.05, 0.1) is 52.3 Å². The van der Waals surface area contributed by atoms with Gasteiger partial charge in [0.25, 0.3) is 0 Å². The van der Waals surface area contributed by atoms with Crippen LogP contribution in [0.2, 0.25) is 0 Å². The molecule has 0 radical (unpaired) electrons. The molecule has 0 bridgehead atoms. The average molecular weight is 521 g/mol. The normalized spacial score (nSPS) is 20.0. The maximum absolute atomic E-state index is 13.1. The van der Waals surface area contributed by atoms with Gasteiger partial charge in [-0.2, -0.15) is 0 Å². The van der Waals surface area contributed by atoms with Crippen molar-refractivity contribution in [3.63, 3.8) is 0 Å². The Bertz CT molecular complexity index is 1320. The molecule has 196 valence electrons. The van der Waals surface area contributed by atoms with Gasteiger partial charge in [-0.15, -0.1) is 0 Å². The van der Waals surface area contributed by atoms with Crippen molar-refractivity contribution in [3.8, 4) is 0 Å². The van der Waals surface area contributed by atoms with Crippen LogP contribution in [0.4, 0.5) is 5.82 Å². The molecule has 0 saturated carbocycles. The number of nitrogens with one attached hydrogen (secondary N) is 1. The quantitative estimate of drug-likeness (QED) is 0.513. The molecule has 1 saturated heterocycles. The van der Waals surface area contributed by atoms with E-state index in [1.54, 1.807) is 12.5 Å². The number of aliphatic hydroxyl groups excluding tert-OH is 1. The molecule has 2 N–H and O–H groups in total. The molecule has 1 aliphatic heterocycles. The van der Waals surface area contributed by atoms with Gasteiger partial charge in [-0.3, -0.25) is 0 Å². The fraction of sp³-hybridized carbons (Fsp3) is 0.464. The Morgan fingerprint density at radius 1 is 1.16 bits per heavy atom. The molecule has 1 aliphatic carbocycles. The molecule has 37 heavy (non-hydrogen) atoms. The third kappa shape index (κ3) is 5.26. The van der Waals surface area contributed by atoms with E-state index in [0.29, 0.717) is 11.4 Å². The predicted octanol–water partition coefficient (Wildman–Crippen LogP) is 3.81. The number of imidazole rings is 1. The number of rotatable bonds is 6. The molecule has 0 amide bonds. The number of aromatic nitrogens is 4. The molecule has 9 heteroatoms. The van der Waals surface area contributed by atoms with Crippen LogP contribution in [-0.4, -0.2) is 46.7 Å². The van der Waals surface area contributed by atoms with Crippen LogP contribution in [-0.2, 0) is 31.1 Å². The third-order valence-electron chi connectivity index (χ3n) is 7.50. The van der Waals surface area contributed by atoms with E-state index < -0.39 is 11.0 Å². The largest absolute Gasteiger partial charge is 0.390 e. The number of fused-ring (bicyclic) bond motifs is 1. The Hall–Kier alpha value is -2.88. The molecule has 3 heterocycles. The van der Waals surface area contributed by atoms with Crippen LogP contribution in [0.25, 0.3) is 12.2 Å². The smallest absolute Gasteiger partial charge is 0.152 e. The maximum atomic E-state index is 13.1. The van der Waals surface area contributed by atoms with Gasteiger partial charge in [-0.05, 0) is 68.7 Å². The molecule has 8 nitrogen and oxygen atoms in total. The lowest BCUT2D eigenvalue weighted by Crippen LogP contribution is -2.48. The van der Waals surface area contributed by atoms with Gasteiger partial charge in [0.1, 0.15) is 5.69 Å². The van der Waals surface area contributed by atoms with Crippen LogP contribution in [0.5, 0.6) is 0 Å². The first-order valence-electron chi connectivity index (χ1n) is 12.8. The minimum absolute atomic E-state index is 0.000729. The van der Waals surface area contributed by atoms with Crippen LogP contribution < -0.4 is 9.62 Å². The topological polar surface area (TPSA) is 96.2 Å². The predicted molar refractivity (Wildman–Crippen MR) is 148 cm³/mol. The van der Waals surface area contributed by atoms with E-state index >= 15 is 0 Å². The first-order chi connectivity index (χ1) is 17.7. The zero-order valence-corrected chi connectivity index (χ0v) is 22.8. The molecule has 2 atom stereocenters.